The van der Waals surface area contributed by atoms with Crippen LogP contribution < -0.4 is 4.72 Å². The fourth-order valence-electron chi connectivity index (χ4n) is 2.48. The van der Waals surface area contributed by atoms with Crippen LogP contribution in [0, 0.1) is 13.8 Å². The molecular formula is C13H18BrNO4S2. The Morgan fingerprint density at radius 2 is 1.62 bits per heavy atom. The largest absolute Gasteiger partial charge is 0.283 e. The summed E-state index contributed by atoms with van der Waals surface area (Å²) >= 11 is 3.37. The molecule has 1 N–H and O–H groups in total. The molecule has 5 nitrogen and oxygen atoms in total. The molecule has 1 aromatic carbocycles. The average Bonchev–Trinajstić information content (AvgIpc) is 2.33. The van der Waals surface area contributed by atoms with Crippen LogP contribution >= 0.6 is 15.9 Å². The van der Waals surface area contributed by atoms with E-state index in [2.05, 4.69) is 20.7 Å². The summed E-state index contributed by atoms with van der Waals surface area (Å²) < 4.78 is 51.2. The third-order valence-electron chi connectivity index (χ3n) is 3.68. The topological polar surface area (TPSA) is 80.3 Å². The highest BCUT2D eigenvalue weighted by Crippen LogP contribution is 2.28. The van der Waals surface area contributed by atoms with Gasteiger partial charge in [-0.25, -0.2) is 16.8 Å². The van der Waals surface area contributed by atoms with Gasteiger partial charge in [0.25, 0.3) is 0 Å². The monoisotopic (exact) mass is 395 g/mol. The van der Waals surface area contributed by atoms with Gasteiger partial charge in [-0.2, -0.15) is 0 Å². The lowest BCUT2D eigenvalue weighted by Crippen LogP contribution is -2.36. The van der Waals surface area contributed by atoms with Crippen molar-refractivity contribution in [3.63, 3.8) is 0 Å². The zero-order chi connectivity index (χ0) is 15.8. The SMILES string of the molecule is Cc1cc(Br)cc(C)c1NS(=O)(=O)C1CCS(=O)(=O)CC1. The molecule has 0 bridgehead atoms. The van der Waals surface area contributed by atoms with Crippen molar-refractivity contribution in [1.82, 2.24) is 0 Å². The van der Waals surface area contributed by atoms with Crippen molar-refractivity contribution in [3.8, 4) is 0 Å². The minimum atomic E-state index is -3.57. The molecule has 21 heavy (non-hydrogen) atoms. The molecule has 1 aliphatic heterocycles. The summed E-state index contributed by atoms with van der Waals surface area (Å²) in [5, 5.41) is -0.650. The van der Waals surface area contributed by atoms with Gasteiger partial charge in [-0.1, -0.05) is 15.9 Å². The van der Waals surface area contributed by atoms with Crippen molar-refractivity contribution >= 4 is 41.5 Å². The first-order chi connectivity index (χ1) is 9.61. The third-order valence-corrected chi connectivity index (χ3v) is 7.69. The van der Waals surface area contributed by atoms with Gasteiger partial charge in [0.05, 0.1) is 22.4 Å². The summed E-state index contributed by atoms with van der Waals surface area (Å²) in [7, 11) is -6.64. The van der Waals surface area contributed by atoms with Gasteiger partial charge in [-0.3, -0.25) is 4.72 Å². The third kappa shape index (κ3) is 3.98. The van der Waals surface area contributed by atoms with E-state index in [9.17, 15) is 16.8 Å². The van der Waals surface area contributed by atoms with Crippen LogP contribution in [0.4, 0.5) is 5.69 Å². The van der Waals surface area contributed by atoms with E-state index in [1.807, 2.05) is 26.0 Å². The van der Waals surface area contributed by atoms with Crippen LogP contribution in [0.25, 0.3) is 0 Å². The quantitative estimate of drug-likeness (QED) is 0.851. The lowest BCUT2D eigenvalue weighted by atomic mass is 10.1. The molecule has 1 saturated heterocycles. The smallest absolute Gasteiger partial charge is 0.235 e. The molecule has 0 aromatic heterocycles. The summed E-state index contributed by atoms with van der Waals surface area (Å²) in [6, 6.07) is 3.69. The highest BCUT2D eigenvalue weighted by molar-refractivity contribution is 9.10. The van der Waals surface area contributed by atoms with E-state index in [1.54, 1.807) is 0 Å². The Labute approximate surface area is 134 Å². The van der Waals surface area contributed by atoms with Crippen molar-refractivity contribution in [3.05, 3.63) is 27.7 Å². The Hall–Kier alpha value is -0.600. The summed E-state index contributed by atoms with van der Waals surface area (Å²) in [5.41, 5.74) is 2.23. The fraction of sp³-hybridized carbons (Fsp3) is 0.538. The Kier molecular flexibility index (Phi) is 4.70. The van der Waals surface area contributed by atoms with E-state index in [4.69, 9.17) is 0 Å². The zero-order valence-electron chi connectivity index (χ0n) is 11.9. The molecule has 1 fully saturated rings. The number of sulfone groups is 1. The number of anilines is 1. The second kappa shape index (κ2) is 5.89. The van der Waals surface area contributed by atoms with Crippen LogP contribution in [0.15, 0.2) is 16.6 Å². The number of sulfonamides is 1. The van der Waals surface area contributed by atoms with Gasteiger partial charge in [-0.05, 0) is 49.9 Å². The molecule has 0 spiro atoms. The molecule has 0 atom stereocenters. The molecule has 0 amide bonds. The lowest BCUT2D eigenvalue weighted by molar-refractivity contribution is 0.555. The number of hydrogen-bond acceptors (Lipinski definition) is 4. The molecule has 0 unspecified atom stereocenters. The molecule has 0 saturated carbocycles. The molecule has 0 radical (unpaired) electrons. The molecule has 8 heteroatoms. The van der Waals surface area contributed by atoms with Crippen LogP contribution in [0.5, 0.6) is 0 Å². The van der Waals surface area contributed by atoms with Crippen LogP contribution in [-0.4, -0.2) is 33.6 Å². The van der Waals surface area contributed by atoms with Crippen molar-refractivity contribution in [2.45, 2.75) is 31.9 Å². The van der Waals surface area contributed by atoms with Crippen LogP contribution in [0.2, 0.25) is 0 Å². The van der Waals surface area contributed by atoms with Gasteiger partial charge < -0.3 is 0 Å². The maximum Gasteiger partial charge on any atom is 0.235 e. The Bertz CT molecular complexity index is 719. The van der Waals surface area contributed by atoms with E-state index < -0.39 is 25.1 Å². The maximum atomic E-state index is 12.4. The van der Waals surface area contributed by atoms with Gasteiger partial charge in [0.15, 0.2) is 0 Å². The Morgan fingerprint density at radius 3 is 2.10 bits per heavy atom. The minimum Gasteiger partial charge on any atom is -0.283 e. The van der Waals surface area contributed by atoms with E-state index in [1.165, 1.54) is 0 Å². The van der Waals surface area contributed by atoms with Crippen LogP contribution in [0.3, 0.4) is 0 Å². The normalized spacial score (nSPS) is 19.4. The van der Waals surface area contributed by atoms with Gasteiger partial charge in [0.1, 0.15) is 9.84 Å². The molecule has 1 aliphatic rings. The highest BCUT2D eigenvalue weighted by atomic mass is 79.9. The summed E-state index contributed by atoms with van der Waals surface area (Å²) in [5.74, 6) is -0.117. The average molecular weight is 396 g/mol. The zero-order valence-corrected chi connectivity index (χ0v) is 15.1. The number of benzene rings is 1. The van der Waals surface area contributed by atoms with Crippen molar-refractivity contribution in [1.29, 1.82) is 0 Å². The Morgan fingerprint density at radius 1 is 1.14 bits per heavy atom. The first-order valence-electron chi connectivity index (χ1n) is 6.59. The minimum absolute atomic E-state index is 0.0587. The number of nitrogens with one attached hydrogen (secondary N) is 1. The second-order valence-corrected chi connectivity index (χ2v) is 10.6. The number of rotatable bonds is 3. The highest BCUT2D eigenvalue weighted by Gasteiger charge is 2.33. The molecular weight excluding hydrogens is 378 g/mol. The van der Waals surface area contributed by atoms with E-state index in [0.29, 0.717) is 5.69 Å². The number of halogens is 1. The summed E-state index contributed by atoms with van der Waals surface area (Å²) in [6.45, 7) is 3.67. The van der Waals surface area contributed by atoms with Gasteiger partial charge in [0, 0.05) is 4.47 Å². The van der Waals surface area contributed by atoms with E-state index in [-0.39, 0.29) is 24.3 Å². The van der Waals surface area contributed by atoms with E-state index >= 15 is 0 Å². The first kappa shape index (κ1) is 16.8. The van der Waals surface area contributed by atoms with E-state index in [0.717, 1.165) is 15.6 Å². The van der Waals surface area contributed by atoms with Crippen LogP contribution in [-0.2, 0) is 19.9 Å². The number of hydrogen-bond donors (Lipinski definition) is 1. The van der Waals surface area contributed by atoms with Crippen molar-refractivity contribution in [2.24, 2.45) is 0 Å². The molecule has 1 heterocycles. The van der Waals surface area contributed by atoms with Crippen molar-refractivity contribution in [2.75, 3.05) is 16.2 Å². The van der Waals surface area contributed by atoms with Gasteiger partial charge in [0.2, 0.25) is 10.0 Å². The summed E-state index contributed by atoms with van der Waals surface area (Å²) in [6.07, 6.45) is 0.318. The second-order valence-electron chi connectivity index (χ2n) is 5.41. The molecule has 118 valence electrons. The standard InChI is InChI=1S/C13H18BrNO4S2/c1-9-7-11(14)8-10(2)13(9)15-21(18,19)12-3-5-20(16,17)6-4-12/h7-8,12,15H,3-6H2,1-2H3. The van der Waals surface area contributed by atoms with Crippen LogP contribution in [0.1, 0.15) is 24.0 Å². The van der Waals surface area contributed by atoms with Gasteiger partial charge in [-0.15, -0.1) is 0 Å². The fourth-order valence-corrected chi connectivity index (χ4v) is 6.58. The Balaban J connectivity index is 2.23. The predicted octanol–water partition coefficient (Wildman–Crippen LogP) is 2.38. The predicted molar refractivity (Wildman–Crippen MR) is 87.8 cm³/mol. The first-order valence-corrected chi connectivity index (χ1v) is 10.8. The molecule has 0 aliphatic carbocycles. The maximum absolute atomic E-state index is 12.4. The molecule has 2 rings (SSSR count). The molecule has 1 aromatic rings. The van der Waals surface area contributed by atoms with Gasteiger partial charge >= 0.3 is 0 Å². The van der Waals surface area contributed by atoms with Crippen molar-refractivity contribution < 1.29 is 16.8 Å². The number of aryl methyl sites for hydroxylation is 2. The lowest BCUT2D eigenvalue weighted by Gasteiger charge is -2.24. The summed E-state index contributed by atoms with van der Waals surface area (Å²) in [4.78, 5) is 0.